The summed E-state index contributed by atoms with van der Waals surface area (Å²) in [5, 5.41) is 4.28. The number of piperidine rings is 1. The molecule has 2 aliphatic rings. The lowest BCUT2D eigenvalue weighted by Gasteiger charge is -2.30. The number of hydrogen-bond acceptors (Lipinski definition) is 3. The third-order valence-corrected chi connectivity index (χ3v) is 6.07. The summed E-state index contributed by atoms with van der Waals surface area (Å²) in [5.74, 6) is 0.880. The largest absolute Gasteiger partial charge is 0.497 e. The van der Waals surface area contributed by atoms with Gasteiger partial charge in [0, 0.05) is 25.8 Å². The molecule has 0 radical (unpaired) electrons. The normalized spacial score (nSPS) is 20.4. The standard InChI is InChI=1S/C21H28ClN3O2/c1-26-15-7-8-19-17(12-15)20(25-9-3-2-4-10-25)18(21(22)24-19)14-23-13-16-6-5-11-27-16/h7-8,12,16,23H,2-6,9-11,13-14H2,1H3/p+2/t16-/m0/s1. The van der Waals surface area contributed by atoms with Crippen molar-refractivity contribution in [1.29, 1.82) is 0 Å². The number of nitrogens with two attached hydrogens (primary N) is 1. The van der Waals surface area contributed by atoms with Crippen LogP contribution in [0, 0.1) is 0 Å². The van der Waals surface area contributed by atoms with Crippen molar-refractivity contribution >= 4 is 28.2 Å². The van der Waals surface area contributed by atoms with Crippen molar-refractivity contribution < 1.29 is 19.8 Å². The van der Waals surface area contributed by atoms with E-state index in [4.69, 9.17) is 21.1 Å². The monoisotopic (exact) mass is 391 g/mol. The van der Waals surface area contributed by atoms with Gasteiger partial charge in [0.05, 0.1) is 18.2 Å². The number of rotatable bonds is 6. The number of halogens is 1. The molecule has 1 aromatic heterocycles. The molecule has 2 aromatic rings. The van der Waals surface area contributed by atoms with Crippen molar-refractivity contribution in [3.05, 3.63) is 28.9 Å². The van der Waals surface area contributed by atoms with E-state index < -0.39 is 0 Å². The molecule has 2 aliphatic heterocycles. The molecule has 4 rings (SSSR count). The molecule has 0 unspecified atom stereocenters. The summed E-state index contributed by atoms with van der Waals surface area (Å²) in [6, 6.07) is 6.18. The van der Waals surface area contributed by atoms with Crippen molar-refractivity contribution in [3.63, 3.8) is 0 Å². The Morgan fingerprint density at radius 1 is 1.26 bits per heavy atom. The molecule has 27 heavy (non-hydrogen) atoms. The molecule has 3 heterocycles. The van der Waals surface area contributed by atoms with E-state index in [0.717, 1.165) is 49.2 Å². The van der Waals surface area contributed by atoms with Gasteiger partial charge in [-0.25, -0.2) is 0 Å². The van der Waals surface area contributed by atoms with E-state index >= 15 is 0 Å². The van der Waals surface area contributed by atoms with E-state index in [1.807, 2.05) is 6.07 Å². The minimum Gasteiger partial charge on any atom is -0.497 e. The number of methoxy groups -OCH3 is 1. The van der Waals surface area contributed by atoms with Crippen LogP contribution in [-0.4, -0.2) is 39.5 Å². The van der Waals surface area contributed by atoms with Crippen LogP contribution in [0.25, 0.3) is 10.9 Å². The van der Waals surface area contributed by atoms with Crippen molar-refractivity contribution in [2.75, 3.05) is 38.3 Å². The second kappa shape index (κ2) is 8.63. The highest BCUT2D eigenvalue weighted by atomic mass is 35.5. The minimum atomic E-state index is 0.381. The lowest BCUT2D eigenvalue weighted by Crippen LogP contribution is -2.84. The van der Waals surface area contributed by atoms with Crippen LogP contribution in [0.3, 0.4) is 0 Å². The number of fused-ring (bicyclic) bond motifs is 1. The Balaban J connectivity index is 1.69. The van der Waals surface area contributed by atoms with Crippen molar-refractivity contribution in [2.45, 2.75) is 44.8 Å². The van der Waals surface area contributed by atoms with Crippen molar-refractivity contribution in [2.24, 2.45) is 0 Å². The lowest BCUT2D eigenvalue weighted by atomic mass is 10.0. The molecule has 5 nitrogen and oxygen atoms in total. The average Bonchev–Trinajstić information content (AvgIpc) is 3.22. The van der Waals surface area contributed by atoms with E-state index in [1.165, 1.54) is 48.7 Å². The summed E-state index contributed by atoms with van der Waals surface area (Å²) >= 11 is 6.73. The molecule has 0 bridgehead atoms. The summed E-state index contributed by atoms with van der Waals surface area (Å²) in [6.07, 6.45) is 6.52. The van der Waals surface area contributed by atoms with Gasteiger partial charge in [0.25, 0.3) is 5.15 Å². The second-order valence-corrected chi connectivity index (χ2v) is 7.97. The number of quaternary nitrogens is 1. The number of nitrogens with zero attached hydrogens (tertiary/aromatic N) is 1. The van der Waals surface area contributed by atoms with Gasteiger partial charge in [-0.3, -0.25) is 0 Å². The highest BCUT2D eigenvalue weighted by Crippen LogP contribution is 2.35. The van der Waals surface area contributed by atoms with Gasteiger partial charge in [0.2, 0.25) is 5.52 Å². The van der Waals surface area contributed by atoms with Crippen LogP contribution < -0.4 is 19.9 Å². The first-order chi connectivity index (χ1) is 13.3. The molecule has 0 spiro atoms. The Labute approximate surface area is 166 Å². The highest BCUT2D eigenvalue weighted by molar-refractivity contribution is 6.30. The molecule has 0 amide bonds. The molecular weight excluding hydrogens is 362 g/mol. The minimum absolute atomic E-state index is 0.381. The van der Waals surface area contributed by atoms with Crippen LogP contribution in [0.1, 0.15) is 37.7 Å². The number of pyridine rings is 1. The first-order valence-corrected chi connectivity index (χ1v) is 10.5. The number of hydrogen-bond donors (Lipinski definition) is 1. The van der Waals surface area contributed by atoms with E-state index in [2.05, 4.69) is 27.3 Å². The summed E-state index contributed by atoms with van der Waals surface area (Å²) in [4.78, 5) is 5.91. The zero-order valence-corrected chi connectivity index (χ0v) is 16.9. The fourth-order valence-electron chi connectivity index (χ4n) is 4.32. The summed E-state index contributed by atoms with van der Waals surface area (Å²) in [5.41, 5.74) is 3.53. The maximum Gasteiger partial charge on any atom is 0.284 e. The van der Waals surface area contributed by atoms with Gasteiger partial charge in [-0.2, -0.15) is 4.98 Å². The molecular formula is C21H30ClN3O2+2. The van der Waals surface area contributed by atoms with Gasteiger partial charge in [0.1, 0.15) is 30.5 Å². The van der Waals surface area contributed by atoms with Gasteiger partial charge in [-0.15, -0.1) is 0 Å². The first kappa shape index (κ1) is 18.8. The molecule has 2 fully saturated rings. The van der Waals surface area contributed by atoms with Crippen LogP contribution >= 0.6 is 11.6 Å². The Morgan fingerprint density at radius 3 is 2.85 bits per heavy atom. The van der Waals surface area contributed by atoms with E-state index in [1.54, 1.807) is 7.11 Å². The average molecular weight is 392 g/mol. The topological polar surface area (TPSA) is 52.5 Å². The molecule has 146 valence electrons. The molecule has 2 saturated heterocycles. The van der Waals surface area contributed by atoms with Crippen LogP contribution in [0.2, 0.25) is 5.15 Å². The lowest BCUT2D eigenvalue weighted by molar-refractivity contribution is -0.676. The zero-order chi connectivity index (χ0) is 18.6. The van der Waals surface area contributed by atoms with E-state index in [0.29, 0.717) is 6.10 Å². The third kappa shape index (κ3) is 4.15. The smallest absolute Gasteiger partial charge is 0.284 e. The number of anilines is 1. The molecule has 0 aliphatic carbocycles. The summed E-state index contributed by atoms with van der Waals surface area (Å²) in [6.45, 7) is 4.93. The fourth-order valence-corrected chi connectivity index (χ4v) is 4.59. The van der Waals surface area contributed by atoms with Gasteiger partial charge < -0.3 is 19.7 Å². The first-order valence-electron chi connectivity index (χ1n) is 10.2. The Kier molecular flexibility index (Phi) is 6.01. The van der Waals surface area contributed by atoms with Crippen LogP contribution in [0.5, 0.6) is 5.75 Å². The van der Waals surface area contributed by atoms with Gasteiger partial charge in [0.15, 0.2) is 0 Å². The molecule has 6 heteroatoms. The Hall–Kier alpha value is -1.56. The molecule has 1 aromatic carbocycles. The van der Waals surface area contributed by atoms with Crippen LogP contribution in [0.4, 0.5) is 5.69 Å². The van der Waals surface area contributed by atoms with Gasteiger partial charge in [-0.05, 0) is 55.8 Å². The quantitative estimate of drug-likeness (QED) is 0.770. The third-order valence-electron chi connectivity index (χ3n) is 5.75. The number of aromatic nitrogens is 1. The maximum atomic E-state index is 6.73. The van der Waals surface area contributed by atoms with Gasteiger partial charge >= 0.3 is 0 Å². The molecule has 0 saturated carbocycles. The SMILES string of the molecule is COc1ccc2[nH+]c(Cl)c(C[NH2+]C[C@@H]3CCCO3)c(N3CCCCC3)c2c1. The molecule has 1 atom stereocenters. The summed E-state index contributed by atoms with van der Waals surface area (Å²) < 4.78 is 11.3. The van der Waals surface area contributed by atoms with Crippen LogP contribution in [-0.2, 0) is 11.3 Å². The maximum absolute atomic E-state index is 6.73. The highest BCUT2D eigenvalue weighted by Gasteiger charge is 2.26. The van der Waals surface area contributed by atoms with E-state index in [9.17, 15) is 0 Å². The molecule has 3 N–H and O–H groups in total. The summed E-state index contributed by atoms with van der Waals surface area (Å²) in [7, 11) is 1.72. The van der Waals surface area contributed by atoms with Crippen LogP contribution in [0.15, 0.2) is 18.2 Å². The zero-order valence-electron chi connectivity index (χ0n) is 16.1. The second-order valence-electron chi connectivity index (χ2n) is 7.59. The number of H-pyrrole nitrogens is 1. The van der Waals surface area contributed by atoms with E-state index in [-0.39, 0.29) is 0 Å². The number of nitrogens with one attached hydrogen (secondary N) is 1. The Bertz CT molecular complexity index is 787. The number of aromatic amines is 1. The van der Waals surface area contributed by atoms with Gasteiger partial charge in [-0.1, -0.05) is 0 Å². The fraction of sp³-hybridized carbons (Fsp3) is 0.571. The van der Waals surface area contributed by atoms with Crippen molar-refractivity contribution in [1.82, 2.24) is 0 Å². The Morgan fingerprint density at radius 2 is 2.11 bits per heavy atom. The van der Waals surface area contributed by atoms with Crippen molar-refractivity contribution in [3.8, 4) is 5.75 Å². The number of benzene rings is 1. The predicted octanol–water partition coefficient (Wildman–Crippen LogP) is 2.55. The predicted molar refractivity (Wildman–Crippen MR) is 108 cm³/mol. The number of ether oxygens (including phenoxy) is 2.